The minimum Gasteiger partial charge on any atom is -0.497 e. The number of methoxy groups -OCH3 is 1. The summed E-state index contributed by atoms with van der Waals surface area (Å²) in [5.41, 5.74) is 1.06. The van der Waals surface area contributed by atoms with E-state index >= 15 is 0 Å². The summed E-state index contributed by atoms with van der Waals surface area (Å²) in [6.45, 7) is 0.570. The van der Waals surface area contributed by atoms with Gasteiger partial charge in [-0.1, -0.05) is 12.1 Å². The monoisotopic (exact) mass is 233 g/mol. The first-order valence-electron chi connectivity index (χ1n) is 5.12. The van der Waals surface area contributed by atoms with Crippen LogP contribution >= 0.6 is 0 Å². The van der Waals surface area contributed by atoms with E-state index in [1.54, 1.807) is 7.11 Å². The van der Waals surface area contributed by atoms with Gasteiger partial charge < -0.3 is 10.1 Å². The van der Waals surface area contributed by atoms with Crippen LogP contribution in [0.2, 0.25) is 0 Å². The average molecular weight is 233 g/mol. The topological polar surface area (TPSA) is 47.0 Å². The van der Waals surface area contributed by atoms with E-state index < -0.39 is 5.95 Å². The Balaban J connectivity index is 1.97. The zero-order valence-corrected chi connectivity index (χ0v) is 9.35. The minimum atomic E-state index is -0.544. The summed E-state index contributed by atoms with van der Waals surface area (Å²) in [5.74, 6) is 0.729. The number of rotatable bonds is 4. The van der Waals surface area contributed by atoms with E-state index in [1.165, 1.54) is 12.4 Å². The van der Waals surface area contributed by atoms with Crippen LogP contribution in [-0.4, -0.2) is 17.1 Å². The highest BCUT2D eigenvalue weighted by molar-refractivity contribution is 5.35. The van der Waals surface area contributed by atoms with Gasteiger partial charge in [-0.05, 0) is 17.7 Å². The van der Waals surface area contributed by atoms with Crippen LogP contribution in [0.3, 0.4) is 0 Å². The van der Waals surface area contributed by atoms with Crippen LogP contribution in [0.15, 0.2) is 36.7 Å². The standard InChI is InChI=1S/C12H12FN3O/c1-17-10-4-2-9(3-5-10)7-14-12-6-11(13)15-8-16-12/h2-6,8H,7H2,1H3,(H,14,15,16). The fourth-order valence-corrected chi connectivity index (χ4v) is 1.37. The van der Waals surface area contributed by atoms with Crippen molar-refractivity contribution >= 4 is 5.82 Å². The van der Waals surface area contributed by atoms with Gasteiger partial charge in [-0.2, -0.15) is 4.39 Å². The summed E-state index contributed by atoms with van der Waals surface area (Å²) in [5, 5.41) is 3.01. The maximum atomic E-state index is 12.8. The predicted octanol–water partition coefficient (Wildman–Crippen LogP) is 2.24. The smallest absolute Gasteiger partial charge is 0.217 e. The Morgan fingerprint density at radius 3 is 2.65 bits per heavy atom. The van der Waals surface area contributed by atoms with Gasteiger partial charge in [-0.25, -0.2) is 9.97 Å². The van der Waals surface area contributed by atoms with Crippen molar-refractivity contribution < 1.29 is 9.13 Å². The normalized spacial score (nSPS) is 10.0. The molecule has 2 rings (SSSR count). The van der Waals surface area contributed by atoms with Crippen LogP contribution in [0.1, 0.15) is 5.56 Å². The molecule has 0 aliphatic carbocycles. The summed E-state index contributed by atoms with van der Waals surface area (Å²) in [4.78, 5) is 7.28. The predicted molar refractivity (Wildman–Crippen MR) is 62.3 cm³/mol. The molecule has 1 aromatic carbocycles. The molecule has 0 spiro atoms. The summed E-state index contributed by atoms with van der Waals surface area (Å²) in [6, 6.07) is 8.87. The number of ether oxygens (including phenoxy) is 1. The molecular formula is C12H12FN3O. The summed E-state index contributed by atoms with van der Waals surface area (Å²) in [7, 11) is 1.62. The average Bonchev–Trinajstić information content (AvgIpc) is 2.37. The Bertz CT molecular complexity index is 487. The molecule has 0 fully saturated rings. The van der Waals surface area contributed by atoms with E-state index in [9.17, 15) is 4.39 Å². The lowest BCUT2D eigenvalue weighted by atomic mass is 10.2. The number of anilines is 1. The van der Waals surface area contributed by atoms with E-state index in [2.05, 4.69) is 15.3 Å². The van der Waals surface area contributed by atoms with Crippen molar-refractivity contribution in [3.8, 4) is 5.75 Å². The highest BCUT2D eigenvalue weighted by Gasteiger charge is 1.98. The van der Waals surface area contributed by atoms with Crippen LogP contribution in [-0.2, 0) is 6.54 Å². The van der Waals surface area contributed by atoms with Gasteiger partial charge in [0.2, 0.25) is 5.95 Å². The maximum Gasteiger partial charge on any atom is 0.217 e. The second kappa shape index (κ2) is 5.25. The minimum absolute atomic E-state index is 0.466. The Labute approximate surface area is 98.5 Å². The molecule has 0 atom stereocenters. The van der Waals surface area contributed by atoms with Gasteiger partial charge in [0.05, 0.1) is 7.11 Å². The van der Waals surface area contributed by atoms with Crippen molar-refractivity contribution in [2.75, 3.05) is 12.4 Å². The lowest BCUT2D eigenvalue weighted by Crippen LogP contribution is -2.02. The molecule has 1 aromatic heterocycles. The van der Waals surface area contributed by atoms with Crippen LogP contribution in [0.25, 0.3) is 0 Å². The molecule has 0 amide bonds. The van der Waals surface area contributed by atoms with E-state index in [-0.39, 0.29) is 0 Å². The molecule has 17 heavy (non-hydrogen) atoms. The summed E-state index contributed by atoms with van der Waals surface area (Å²) in [6.07, 6.45) is 1.19. The van der Waals surface area contributed by atoms with Crippen molar-refractivity contribution in [3.05, 3.63) is 48.2 Å². The van der Waals surface area contributed by atoms with E-state index in [1.807, 2.05) is 24.3 Å². The third-order valence-corrected chi connectivity index (χ3v) is 2.27. The quantitative estimate of drug-likeness (QED) is 0.823. The van der Waals surface area contributed by atoms with Crippen molar-refractivity contribution in [1.29, 1.82) is 0 Å². The molecule has 1 N–H and O–H groups in total. The first-order chi connectivity index (χ1) is 8.28. The van der Waals surface area contributed by atoms with Gasteiger partial charge in [0.15, 0.2) is 0 Å². The van der Waals surface area contributed by atoms with Gasteiger partial charge in [0.1, 0.15) is 17.9 Å². The SMILES string of the molecule is COc1ccc(CNc2cc(F)ncn2)cc1. The van der Waals surface area contributed by atoms with Gasteiger partial charge >= 0.3 is 0 Å². The zero-order valence-electron chi connectivity index (χ0n) is 9.35. The highest BCUT2D eigenvalue weighted by atomic mass is 19.1. The van der Waals surface area contributed by atoms with E-state index in [4.69, 9.17) is 4.74 Å². The Morgan fingerprint density at radius 2 is 2.00 bits per heavy atom. The number of halogens is 1. The van der Waals surface area contributed by atoms with Gasteiger partial charge in [-0.15, -0.1) is 0 Å². The summed E-state index contributed by atoms with van der Waals surface area (Å²) < 4.78 is 17.8. The van der Waals surface area contributed by atoms with Crippen LogP contribution in [0.5, 0.6) is 5.75 Å². The number of benzene rings is 1. The fraction of sp³-hybridized carbons (Fsp3) is 0.167. The Kier molecular flexibility index (Phi) is 3.49. The lowest BCUT2D eigenvalue weighted by Gasteiger charge is -2.06. The fourth-order valence-electron chi connectivity index (χ4n) is 1.37. The zero-order chi connectivity index (χ0) is 12.1. The molecule has 0 radical (unpaired) electrons. The summed E-state index contributed by atoms with van der Waals surface area (Å²) >= 11 is 0. The number of nitrogens with zero attached hydrogens (tertiary/aromatic N) is 2. The molecule has 2 aromatic rings. The van der Waals surface area contributed by atoms with Crippen LogP contribution in [0.4, 0.5) is 10.2 Å². The molecule has 0 saturated heterocycles. The third kappa shape index (κ3) is 3.14. The molecule has 0 unspecified atom stereocenters. The largest absolute Gasteiger partial charge is 0.497 e. The molecular weight excluding hydrogens is 221 g/mol. The lowest BCUT2D eigenvalue weighted by molar-refractivity contribution is 0.414. The number of aromatic nitrogens is 2. The van der Waals surface area contributed by atoms with E-state index in [0.29, 0.717) is 12.4 Å². The second-order valence-electron chi connectivity index (χ2n) is 3.43. The third-order valence-electron chi connectivity index (χ3n) is 2.27. The van der Waals surface area contributed by atoms with Crippen molar-refractivity contribution in [2.45, 2.75) is 6.54 Å². The van der Waals surface area contributed by atoms with E-state index in [0.717, 1.165) is 11.3 Å². The van der Waals surface area contributed by atoms with Gasteiger partial charge in [0.25, 0.3) is 0 Å². The molecule has 0 aliphatic heterocycles. The van der Waals surface area contributed by atoms with Gasteiger partial charge in [-0.3, -0.25) is 0 Å². The van der Waals surface area contributed by atoms with Gasteiger partial charge in [0, 0.05) is 12.6 Å². The van der Waals surface area contributed by atoms with Crippen molar-refractivity contribution in [2.24, 2.45) is 0 Å². The molecule has 1 heterocycles. The first kappa shape index (κ1) is 11.3. The maximum absolute atomic E-state index is 12.8. The van der Waals surface area contributed by atoms with Crippen molar-refractivity contribution in [1.82, 2.24) is 9.97 Å². The molecule has 0 bridgehead atoms. The Morgan fingerprint density at radius 1 is 1.24 bits per heavy atom. The highest BCUT2D eigenvalue weighted by Crippen LogP contribution is 2.12. The molecule has 4 nitrogen and oxygen atoms in total. The van der Waals surface area contributed by atoms with Crippen molar-refractivity contribution in [3.63, 3.8) is 0 Å². The first-order valence-corrected chi connectivity index (χ1v) is 5.12. The number of hydrogen-bond acceptors (Lipinski definition) is 4. The second-order valence-corrected chi connectivity index (χ2v) is 3.43. The number of hydrogen-bond donors (Lipinski definition) is 1. The number of nitrogens with one attached hydrogen (secondary N) is 1. The van der Waals surface area contributed by atoms with Crippen LogP contribution in [0, 0.1) is 5.95 Å². The molecule has 5 heteroatoms. The molecule has 88 valence electrons. The molecule has 0 saturated carbocycles. The molecule has 0 aliphatic rings. The van der Waals surface area contributed by atoms with Crippen LogP contribution < -0.4 is 10.1 Å². The Hall–Kier alpha value is -2.17.